The average Bonchev–Trinajstić information content (AvgIpc) is 2.24. The monoisotopic (exact) mass is 199 g/mol. The lowest BCUT2D eigenvalue weighted by Gasteiger charge is -2.36. The van der Waals surface area contributed by atoms with Gasteiger partial charge in [-0.05, 0) is 6.92 Å². The van der Waals surface area contributed by atoms with Crippen molar-refractivity contribution >= 4 is 6.09 Å². The molecule has 0 bridgehead atoms. The van der Waals surface area contributed by atoms with E-state index in [0.29, 0.717) is 6.04 Å². The molecule has 0 aromatic heterocycles. The second-order valence-electron chi connectivity index (χ2n) is 3.86. The molecular formula is C9H17N3O2. The van der Waals surface area contributed by atoms with Crippen LogP contribution in [0.5, 0.6) is 0 Å². The maximum absolute atomic E-state index is 11.6. The molecule has 2 aliphatic heterocycles. The highest BCUT2D eigenvalue weighted by Crippen LogP contribution is 2.10. The molecule has 2 heterocycles. The van der Waals surface area contributed by atoms with E-state index in [1.165, 1.54) is 0 Å². The Balaban J connectivity index is 1.76. The van der Waals surface area contributed by atoms with Crippen molar-refractivity contribution in [3.05, 3.63) is 0 Å². The molecule has 0 unspecified atom stereocenters. The maximum atomic E-state index is 11.6. The third-order valence-corrected chi connectivity index (χ3v) is 2.83. The van der Waals surface area contributed by atoms with Crippen LogP contribution in [0, 0.1) is 0 Å². The van der Waals surface area contributed by atoms with Gasteiger partial charge < -0.3 is 20.3 Å². The molecule has 0 radical (unpaired) electrons. The van der Waals surface area contributed by atoms with Gasteiger partial charge in [-0.3, -0.25) is 0 Å². The third-order valence-electron chi connectivity index (χ3n) is 2.83. The first-order valence-corrected chi connectivity index (χ1v) is 5.17. The topological polar surface area (TPSA) is 53.6 Å². The average molecular weight is 199 g/mol. The van der Waals surface area contributed by atoms with Gasteiger partial charge in [-0.15, -0.1) is 0 Å². The molecule has 2 atom stereocenters. The Hall–Kier alpha value is -0.810. The number of nitrogens with zero attached hydrogens (tertiary/aromatic N) is 1. The fourth-order valence-electron chi connectivity index (χ4n) is 1.64. The molecule has 2 fully saturated rings. The highest BCUT2D eigenvalue weighted by molar-refractivity contribution is 5.68. The summed E-state index contributed by atoms with van der Waals surface area (Å²) in [6.07, 6.45) is -0.0952. The maximum Gasteiger partial charge on any atom is 0.410 e. The van der Waals surface area contributed by atoms with Gasteiger partial charge in [0.15, 0.2) is 0 Å². The molecule has 2 rings (SSSR count). The van der Waals surface area contributed by atoms with Crippen molar-refractivity contribution in [1.29, 1.82) is 0 Å². The van der Waals surface area contributed by atoms with Crippen LogP contribution in [0.25, 0.3) is 0 Å². The van der Waals surface area contributed by atoms with Gasteiger partial charge >= 0.3 is 6.09 Å². The van der Waals surface area contributed by atoms with Crippen molar-refractivity contribution in [3.63, 3.8) is 0 Å². The lowest BCUT2D eigenvalue weighted by atomic mass is 10.1. The van der Waals surface area contributed by atoms with Gasteiger partial charge in [0, 0.05) is 38.8 Å². The fraction of sp³-hybridized carbons (Fsp3) is 0.889. The summed E-state index contributed by atoms with van der Waals surface area (Å²) in [7, 11) is 0. The minimum Gasteiger partial charge on any atom is -0.443 e. The van der Waals surface area contributed by atoms with E-state index in [4.69, 9.17) is 4.74 Å². The highest BCUT2D eigenvalue weighted by Gasteiger charge is 2.31. The number of carbonyl (C=O) groups is 1. The molecule has 2 aliphatic rings. The molecule has 5 heteroatoms. The second kappa shape index (κ2) is 4.14. The number of rotatable bonds is 1. The number of ether oxygens (including phenoxy) is 1. The van der Waals surface area contributed by atoms with Crippen LogP contribution in [0.3, 0.4) is 0 Å². The van der Waals surface area contributed by atoms with Gasteiger partial charge in [0.05, 0.1) is 0 Å². The lowest BCUT2D eigenvalue weighted by Crippen LogP contribution is -2.59. The fourth-order valence-corrected chi connectivity index (χ4v) is 1.64. The standard InChI is InChI=1S/C9H17N3O2/c1-7-8(6-11-7)14-9(13)12-4-2-10-3-5-12/h7-8,10-11H,2-6H2,1H3/t7-,8-/m1/s1. The highest BCUT2D eigenvalue weighted by atomic mass is 16.6. The van der Waals surface area contributed by atoms with Crippen LogP contribution in [0.2, 0.25) is 0 Å². The van der Waals surface area contributed by atoms with Gasteiger partial charge in [0.25, 0.3) is 0 Å². The number of amides is 1. The second-order valence-corrected chi connectivity index (χ2v) is 3.86. The van der Waals surface area contributed by atoms with Gasteiger partial charge in [-0.2, -0.15) is 0 Å². The minimum atomic E-state index is -0.162. The number of carbonyl (C=O) groups excluding carboxylic acids is 1. The van der Waals surface area contributed by atoms with Crippen molar-refractivity contribution < 1.29 is 9.53 Å². The zero-order valence-corrected chi connectivity index (χ0v) is 8.45. The Morgan fingerprint density at radius 1 is 1.43 bits per heavy atom. The molecule has 2 saturated heterocycles. The van der Waals surface area contributed by atoms with Crippen molar-refractivity contribution in [1.82, 2.24) is 15.5 Å². The van der Waals surface area contributed by atoms with Crippen molar-refractivity contribution in [3.8, 4) is 0 Å². The van der Waals surface area contributed by atoms with Crippen molar-refractivity contribution in [2.45, 2.75) is 19.1 Å². The van der Waals surface area contributed by atoms with Crippen LogP contribution in [0.15, 0.2) is 0 Å². The summed E-state index contributed by atoms with van der Waals surface area (Å²) in [5.74, 6) is 0. The zero-order valence-electron chi connectivity index (χ0n) is 8.45. The summed E-state index contributed by atoms with van der Waals surface area (Å²) in [5, 5.41) is 6.36. The molecule has 80 valence electrons. The SMILES string of the molecule is C[C@H]1NC[C@H]1OC(=O)N1CCNCC1. The van der Waals surface area contributed by atoms with E-state index in [9.17, 15) is 4.79 Å². The Labute approximate surface area is 83.8 Å². The summed E-state index contributed by atoms with van der Waals surface area (Å²) >= 11 is 0. The van der Waals surface area contributed by atoms with Crippen molar-refractivity contribution in [2.75, 3.05) is 32.7 Å². The van der Waals surface area contributed by atoms with E-state index in [1.54, 1.807) is 4.90 Å². The zero-order chi connectivity index (χ0) is 9.97. The Bertz CT molecular complexity index is 216. The van der Waals surface area contributed by atoms with Gasteiger partial charge in [-0.25, -0.2) is 4.79 Å². The van der Waals surface area contributed by atoms with Crippen molar-refractivity contribution in [2.24, 2.45) is 0 Å². The lowest BCUT2D eigenvalue weighted by molar-refractivity contribution is 0.0128. The van der Waals surface area contributed by atoms with E-state index in [2.05, 4.69) is 10.6 Å². The normalized spacial score (nSPS) is 32.2. The molecule has 0 aromatic carbocycles. The molecule has 14 heavy (non-hydrogen) atoms. The predicted octanol–water partition coefficient (Wildman–Crippen LogP) is -0.611. The first-order valence-electron chi connectivity index (χ1n) is 5.17. The number of nitrogens with one attached hydrogen (secondary N) is 2. The van der Waals surface area contributed by atoms with Crippen LogP contribution in [0.1, 0.15) is 6.92 Å². The molecule has 0 spiro atoms. The van der Waals surface area contributed by atoms with Crippen LogP contribution < -0.4 is 10.6 Å². The van der Waals surface area contributed by atoms with Gasteiger partial charge in [0.2, 0.25) is 0 Å². The first-order chi connectivity index (χ1) is 6.77. The summed E-state index contributed by atoms with van der Waals surface area (Å²) in [5.41, 5.74) is 0. The third kappa shape index (κ3) is 1.99. The molecule has 0 aliphatic carbocycles. The van der Waals surface area contributed by atoms with Gasteiger partial charge in [0.1, 0.15) is 6.10 Å². The smallest absolute Gasteiger partial charge is 0.410 e. The van der Waals surface area contributed by atoms with E-state index in [1.807, 2.05) is 6.92 Å². The summed E-state index contributed by atoms with van der Waals surface area (Å²) in [4.78, 5) is 13.4. The Kier molecular flexibility index (Phi) is 2.88. The first kappa shape index (κ1) is 9.73. The van der Waals surface area contributed by atoms with Gasteiger partial charge in [-0.1, -0.05) is 0 Å². The molecule has 0 saturated carbocycles. The molecule has 0 aromatic rings. The number of piperazine rings is 1. The number of hydrogen-bond donors (Lipinski definition) is 2. The minimum absolute atomic E-state index is 0.0670. The molecule has 5 nitrogen and oxygen atoms in total. The van der Waals surface area contributed by atoms with E-state index < -0.39 is 0 Å². The summed E-state index contributed by atoms with van der Waals surface area (Å²) in [6.45, 7) is 6.07. The molecular weight excluding hydrogens is 182 g/mol. The quantitative estimate of drug-likeness (QED) is 0.591. The van der Waals surface area contributed by atoms with E-state index >= 15 is 0 Å². The molecule has 2 N–H and O–H groups in total. The van der Waals surface area contributed by atoms with Crippen LogP contribution in [-0.2, 0) is 4.74 Å². The Morgan fingerprint density at radius 3 is 2.64 bits per heavy atom. The molecule has 1 amide bonds. The van der Waals surface area contributed by atoms with Crippen LogP contribution >= 0.6 is 0 Å². The summed E-state index contributed by atoms with van der Waals surface area (Å²) in [6, 6.07) is 0.307. The van der Waals surface area contributed by atoms with Crippen LogP contribution in [-0.4, -0.2) is 55.9 Å². The summed E-state index contributed by atoms with van der Waals surface area (Å²) < 4.78 is 5.33. The van der Waals surface area contributed by atoms with E-state index in [-0.39, 0.29) is 12.2 Å². The van der Waals surface area contributed by atoms with E-state index in [0.717, 1.165) is 32.7 Å². The predicted molar refractivity (Wildman–Crippen MR) is 52.2 cm³/mol. The van der Waals surface area contributed by atoms with Crippen LogP contribution in [0.4, 0.5) is 4.79 Å². The Morgan fingerprint density at radius 2 is 2.14 bits per heavy atom. The number of hydrogen-bond acceptors (Lipinski definition) is 4. The largest absolute Gasteiger partial charge is 0.443 e.